The highest BCUT2D eigenvalue weighted by atomic mass is 14.6. The fourth-order valence-electron chi connectivity index (χ4n) is 2.77. The predicted molar refractivity (Wildman–Crippen MR) is 65.0 cm³/mol. The van der Waals surface area contributed by atoms with Crippen molar-refractivity contribution in [2.75, 3.05) is 0 Å². The molecule has 1 aliphatic carbocycles. The molecule has 1 aliphatic rings. The molecule has 0 aromatic heterocycles. The lowest BCUT2D eigenvalue weighted by Crippen LogP contribution is -2.30. The van der Waals surface area contributed by atoms with Gasteiger partial charge in [-0.3, -0.25) is 0 Å². The van der Waals surface area contributed by atoms with E-state index in [1.165, 1.54) is 36.8 Å². The van der Waals surface area contributed by atoms with Crippen LogP contribution in [0.4, 0.5) is 0 Å². The van der Waals surface area contributed by atoms with E-state index in [9.17, 15) is 0 Å². The summed E-state index contributed by atoms with van der Waals surface area (Å²) in [6.45, 7) is 2.22. The Labute approximate surface area is 92.7 Å². The first-order valence-corrected chi connectivity index (χ1v) is 6.16. The first-order chi connectivity index (χ1) is 7.33. The number of fused-ring (bicyclic) bond motifs is 1. The van der Waals surface area contributed by atoms with Crippen LogP contribution in [0.2, 0.25) is 0 Å². The van der Waals surface area contributed by atoms with Crippen molar-refractivity contribution in [2.24, 2.45) is 5.73 Å². The van der Waals surface area contributed by atoms with E-state index in [-0.39, 0.29) is 0 Å². The van der Waals surface area contributed by atoms with Crippen molar-refractivity contribution in [2.45, 2.75) is 51.0 Å². The molecule has 0 aliphatic heterocycles. The zero-order chi connectivity index (χ0) is 10.7. The van der Waals surface area contributed by atoms with Crippen LogP contribution in [0.3, 0.4) is 0 Å². The molecule has 1 nitrogen and oxygen atoms in total. The monoisotopic (exact) mass is 203 g/mol. The van der Waals surface area contributed by atoms with Crippen LogP contribution in [0, 0.1) is 0 Å². The molecule has 2 rings (SSSR count). The third-order valence-electron chi connectivity index (χ3n) is 3.55. The second-order valence-electron chi connectivity index (χ2n) is 4.65. The van der Waals surface area contributed by atoms with Crippen molar-refractivity contribution >= 4 is 0 Å². The molecule has 15 heavy (non-hydrogen) atoms. The highest BCUT2D eigenvalue weighted by Crippen LogP contribution is 2.34. The first-order valence-electron chi connectivity index (χ1n) is 6.16. The van der Waals surface area contributed by atoms with Gasteiger partial charge < -0.3 is 5.73 Å². The molecular weight excluding hydrogens is 182 g/mol. The van der Waals surface area contributed by atoms with Crippen molar-refractivity contribution in [3.63, 3.8) is 0 Å². The molecule has 82 valence electrons. The minimum Gasteiger partial charge on any atom is -0.327 e. The third-order valence-corrected chi connectivity index (χ3v) is 3.55. The Hall–Kier alpha value is -0.820. The van der Waals surface area contributed by atoms with Crippen LogP contribution in [0.25, 0.3) is 0 Å². The van der Waals surface area contributed by atoms with Crippen LogP contribution in [0.5, 0.6) is 0 Å². The van der Waals surface area contributed by atoms with E-state index in [0.29, 0.717) is 12.0 Å². The van der Waals surface area contributed by atoms with Gasteiger partial charge in [0.1, 0.15) is 0 Å². The molecule has 0 radical (unpaired) electrons. The van der Waals surface area contributed by atoms with Crippen molar-refractivity contribution in [3.8, 4) is 0 Å². The molecule has 1 heteroatoms. The second kappa shape index (κ2) is 4.80. The smallest absolute Gasteiger partial charge is 0.0108 e. The van der Waals surface area contributed by atoms with Gasteiger partial charge in [-0.15, -0.1) is 0 Å². The van der Waals surface area contributed by atoms with Gasteiger partial charge in [0.05, 0.1) is 0 Å². The molecule has 0 saturated carbocycles. The number of aryl methyl sites for hydroxylation is 1. The van der Waals surface area contributed by atoms with E-state index in [1.54, 1.807) is 0 Å². The summed E-state index contributed by atoms with van der Waals surface area (Å²) in [5.41, 5.74) is 9.32. The molecule has 1 aromatic rings. The molecule has 2 atom stereocenters. The highest BCUT2D eigenvalue weighted by Gasteiger charge is 2.24. The average Bonchev–Trinajstić information content (AvgIpc) is 2.28. The van der Waals surface area contributed by atoms with Crippen LogP contribution in [0.1, 0.15) is 49.7 Å². The molecular formula is C14H21N. The van der Waals surface area contributed by atoms with E-state index in [0.717, 1.165) is 6.42 Å². The number of hydrogen-bond donors (Lipinski definition) is 1. The summed E-state index contributed by atoms with van der Waals surface area (Å²) in [5.74, 6) is 0.606. The first kappa shape index (κ1) is 10.7. The Kier molecular flexibility index (Phi) is 3.42. The van der Waals surface area contributed by atoms with E-state index < -0.39 is 0 Å². The number of rotatable bonds is 3. The average molecular weight is 203 g/mol. The van der Waals surface area contributed by atoms with Gasteiger partial charge in [0, 0.05) is 6.04 Å². The Bertz CT molecular complexity index is 319. The maximum Gasteiger partial charge on any atom is 0.0108 e. The van der Waals surface area contributed by atoms with Crippen LogP contribution in [0.15, 0.2) is 24.3 Å². The zero-order valence-electron chi connectivity index (χ0n) is 9.58. The van der Waals surface area contributed by atoms with Crippen LogP contribution in [-0.4, -0.2) is 6.04 Å². The van der Waals surface area contributed by atoms with Crippen LogP contribution < -0.4 is 5.73 Å². The summed E-state index contributed by atoms with van der Waals surface area (Å²) >= 11 is 0. The number of benzene rings is 1. The minimum absolute atomic E-state index is 0.358. The molecule has 0 fully saturated rings. The standard InChI is InChI=1S/C14H21N/c1-2-6-14(15)13-10-5-8-11-7-3-4-9-12(11)13/h3-4,7,9,13-14H,2,5-6,8,10,15H2,1H3. The quantitative estimate of drug-likeness (QED) is 0.802. The van der Waals surface area contributed by atoms with Gasteiger partial charge in [-0.2, -0.15) is 0 Å². The fraction of sp³-hybridized carbons (Fsp3) is 0.571. The topological polar surface area (TPSA) is 26.0 Å². The summed E-state index contributed by atoms with van der Waals surface area (Å²) < 4.78 is 0. The maximum absolute atomic E-state index is 6.27. The largest absolute Gasteiger partial charge is 0.327 e. The highest BCUT2D eigenvalue weighted by molar-refractivity contribution is 5.33. The molecule has 0 saturated heterocycles. The van der Waals surface area contributed by atoms with Crippen molar-refractivity contribution < 1.29 is 0 Å². The van der Waals surface area contributed by atoms with E-state index in [2.05, 4.69) is 31.2 Å². The molecule has 0 bridgehead atoms. The SMILES string of the molecule is CCCC(N)C1CCCc2ccccc21. The van der Waals surface area contributed by atoms with Gasteiger partial charge in [-0.05, 0) is 42.7 Å². The maximum atomic E-state index is 6.27. The molecule has 0 amide bonds. The van der Waals surface area contributed by atoms with E-state index in [4.69, 9.17) is 5.73 Å². The van der Waals surface area contributed by atoms with Crippen molar-refractivity contribution in [1.82, 2.24) is 0 Å². The molecule has 2 N–H and O–H groups in total. The fourth-order valence-corrected chi connectivity index (χ4v) is 2.77. The lowest BCUT2D eigenvalue weighted by molar-refractivity contribution is 0.439. The van der Waals surface area contributed by atoms with Gasteiger partial charge in [-0.1, -0.05) is 37.6 Å². The summed E-state index contributed by atoms with van der Waals surface area (Å²) in [7, 11) is 0. The summed E-state index contributed by atoms with van der Waals surface area (Å²) in [6, 6.07) is 9.19. The normalized spacial score (nSPS) is 22.1. The van der Waals surface area contributed by atoms with Gasteiger partial charge in [-0.25, -0.2) is 0 Å². The van der Waals surface area contributed by atoms with Gasteiger partial charge >= 0.3 is 0 Å². The Morgan fingerprint density at radius 3 is 3.00 bits per heavy atom. The zero-order valence-corrected chi connectivity index (χ0v) is 9.58. The van der Waals surface area contributed by atoms with Crippen LogP contribution >= 0.6 is 0 Å². The van der Waals surface area contributed by atoms with E-state index >= 15 is 0 Å². The van der Waals surface area contributed by atoms with Gasteiger partial charge in [0.25, 0.3) is 0 Å². The molecule has 0 heterocycles. The minimum atomic E-state index is 0.358. The Balaban J connectivity index is 2.21. The van der Waals surface area contributed by atoms with Crippen molar-refractivity contribution in [1.29, 1.82) is 0 Å². The lowest BCUT2D eigenvalue weighted by Gasteiger charge is -2.30. The number of nitrogens with two attached hydrogens (primary N) is 1. The lowest BCUT2D eigenvalue weighted by atomic mass is 9.78. The summed E-state index contributed by atoms with van der Waals surface area (Å²) in [5, 5.41) is 0. The number of hydrogen-bond acceptors (Lipinski definition) is 1. The molecule has 0 spiro atoms. The second-order valence-corrected chi connectivity index (χ2v) is 4.65. The molecule has 1 aromatic carbocycles. The molecule has 2 unspecified atom stereocenters. The Morgan fingerprint density at radius 1 is 1.40 bits per heavy atom. The predicted octanol–water partition coefficient (Wildman–Crippen LogP) is 3.23. The summed E-state index contributed by atoms with van der Waals surface area (Å²) in [4.78, 5) is 0. The van der Waals surface area contributed by atoms with Crippen molar-refractivity contribution in [3.05, 3.63) is 35.4 Å². The third kappa shape index (κ3) is 2.23. The van der Waals surface area contributed by atoms with Gasteiger partial charge in [0.2, 0.25) is 0 Å². The van der Waals surface area contributed by atoms with Crippen LogP contribution in [-0.2, 0) is 6.42 Å². The summed E-state index contributed by atoms with van der Waals surface area (Å²) in [6.07, 6.45) is 6.17. The van der Waals surface area contributed by atoms with Gasteiger partial charge in [0.15, 0.2) is 0 Å². The Morgan fingerprint density at radius 2 is 2.20 bits per heavy atom. The van der Waals surface area contributed by atoms with E-state index in [1.807, 2.05) is 0 Å².